The van der Waals surface area contributed by atoms with E-state index < -0.39 is 0 Å². The smallest absolute Gasteiger partial charge is 0.226 e. The predicted octanol–water partition coefficient (Wildman–Crippen LogP) is 1.70. The first-order valence-electron chi connectivity index (χ1n) is 6.26. The fraction of sp³-hybridized carbons (Fsp3) is 0.286. The van der Waals surface area contributed by atoms with E-state index in [9.17, 15) is 4.79 Å². The van der Waals surface area contributed by atoms with Crippen LogP contribution < -0.4 is 11.1 Å². The molecule has 0 aliphatic heterocycles. The third-order valence-corrected chi connectivity index (χ3v) is 2.65. The lowest BCUT2D eigenvalue weighted by Gasteiger charge is -2.01. The van der Waals surface area contributed by atoms with Crippen molar-refractivity contribution in [3.8, 4) is 11.5 Å². The topological polar surface area (TPSA) is 81.2 Å². The van der Waals surface area contributed by atoms with Crippen LogP contribution in [0.4, 0.5) is 0 Å². The van der Waals surface area contributed by atoms with E-state index in [1.165, 1.54) is 0 Å². The van der Waals surface area contributed by atoms with Crippen molar-refractivity contribution in [2.45, 2.75) is 19.4 Å². The molecule has 19 heavy (non-hydrogen) atoms. The van der Waals surface area contributed by atoms with Crippen LogP contribution in [0.1, 0.15) is 18.5 Å². The molecular formula is C14H17N3O2. The standard InChI is InChI=1S/C14H17N3O2/c15-8-4-7-13(18)16-9-12-10-19-14(17-12)11-5-2-1-3-6-11/h1-3,5-6,10H,4,7-9,15H2,(H,16,18). The number of carbonyl (C=O) groups is 1. The number of hydrogen-bond acceptors (Lipinski definition) is 4. The second kappa shape index (κ2) is 6.70. The van der Waals surface area contributed by atoms with Gasteiger partial charge in [-0.3, -0.25) is 4.79 Å². The second-order valence-corrected chi connectivity index (χ2v) is 4.18. The molecule has 0 saturated heterocycles. The number of nitrogens with zero attached hydrogens (tertiary/aromatic N) is 1. The molecule has 0 unspecified atom stereocenters. The van der Waals surface area contributed by atoms with Crippen LogP contribution in [-0.2, 0) is 11.3 Å². The number of rotatable bonds is 6. The molecule has 5 heteroatoms. The molecule has 0 radical (unpaired) electrons. The van der Waals surface area contributed by atoms with E-state index in [1.807, 2.05) is 30.3 Å². The quantitative estimate of drug-likeness (QED) is 0.827. The summed E-state index contributed by atoms with van der Waals surface area (Å²) in [5.41, 5.74) is 6.97. The molecule has 1 heterocycles. The van der Waals surface area contributed by atoms with Gasteiger partial charge >= 0.3 is 0 Å². The highest BCUT2D eigenvalue weighted by Gasteiger charge is 2.07. The van der Waals surface area contributed by atoms with Crippen LogP contribution in [-0.4, -0.2) is 17.4 Å². The van der Waals surface area contributed by atoms with E-state index in [-0.39, 0.29) is 5.91 Å². The molecule has 0 atom stereocenters. The zero-order valence-corrected chi connectivity index (χ0v) is 10.6. The average molecular weight is 259 g/mol. The average Bonchev–Trinajstić information content (AvgIpc) is 2.93. The Bertz CT molecular complexity index is 522. The van der Waals surface area contributed by atoms with E-state index in [0.717, 1.165) is 5.56 Å². The lowest BCUT2D eigenvalue weighted by Crippen LogP contribution is -2.23. The summed E-state index contributed by atoms with van der Waals surface area (Å²) in [6.07, 6.45) is 2.70. The highest BCUT2D eigenvalue weighted by Crippen LogP contribution is 2.17. The molecule has 0 saturated carbocycles. The van der Waals surface area contributed by atoms with E-state index in [1.54, 1.807) is 6.26 Å². The maximum absolute atomic E-state index is 11.4. The molecule has 2 rings (SSSR count). The van der Waals surface area contributed by atoms with Crippen LogP contribution in [0.3, 0.4) is 0 Å². The van der Waals surface area contributed by atoms with Crippen molar-refractivity contribution in [1.82, 2.24) is 10.3 Å². The monoisotopic (exact) mass is 259 g/mol. The zero-order chi connectivity index (χ0) is 13.5. The van der Waals surface area contributed by atoms with Crippen LogP contribution in [0.5, 0.6) is 0 Å². The number of aromatic nitrogens is 1. The minimum Gasteiger partial charge on any atom is -0.444 e. The molecule has 0 bridgehead atoms. The van der Waals surface area contributed by atoms with Crippen LogP contribution in [0.2, 0.25) is 0 Å². The summed E-state index contributed by atoms with van der Waals surface area (Å²) in [6, 6.07) is 9.64. The number of amides is 1. The number of nitrogens with two attached hydrogens (primary N) is 1. The predicted molar refractivity (Wildman–Crippen MR) is 72.1 cm³/mol. The Hall–Kier alpha value is -2.14. The molecule has 1 aromatic heterocycles. The molecule has 1 amide bonds. The Kier molecular flexibility index (Phi) is 4.69. The highest BCUT2D eigenvalue weighted by atomic mass is 16.3. The molecule has 0 aliphatic carbocycles. The van der Waals surface area contributed by atoms with Gasteiger partial charge < -0.3 is 15.5 Å². The maximum Gasteiger partial charge on any atom is 0.226 e. The molecular weight excluding hydrogens is 242 g/mol. The summed E-state index contributed by atoms with van der Waals surface area (Å²) in [5, 5.41) is 2.78. The minimum absolute atomic E-state index is 0.0188. The summed E-state index contributed by atoms with van der Waals surface area (Å²) < 4.78 is 5.38. The normalized spacial score (nSPS) is 10.4. The Balaban J connectivity index is 1.90. The van der Waals surface area contributed by atoms with Gasteiger partial charge in [-0.05, 0) is 25.1 Å². The van der Waals surface area contributed by atoms with Crippen molar-refractivity contribution in [3.63, 3.8) is 0 Å². The lowest BCUT2D eigenvalue weighted by atomic mass is 10.2. The third kappa shape index (κ3) is 3.93. The Morgan fingerprint density at radius 3 is 2.84 bits per heavy atom. The van der Waals surface area contributed by atoms with Crippen LogP contribution >= 0.6 is 0 Å². The van der Waals surface area contributed by atoms with Crippen LogP contribution in [0.25, 0.3) is 11.5 Å². The van der Waals surface area contributed by atoms with E-state index in [0.29, 0.717) is 37.5 Å². The molecule has 100 valence electrons. The fourth-order valence-electron chi connectivity index (χ4n) is 1.64. The number of hydrogen-bond donors (Lipinski definition) is 2. The summed E-state index contributed by atoms with van der Waals surface area (Å²) in [5.74, 6) is 0.543. The molecule has 3 N–H and O–H groups in total. The zero-order valence-electron chi connectivity index (χ0n) is 10.6. The van der Waals surface area contributed by atoms with Crippen molar-refractivity contribution in [1.29, 1.82) is 0 Å². The fourth-order valence-corrected chi connectivity index (χ4v) is 1.64. The van der Waals surface area contributed by atoms with Gasteiger partial charge in [0.05, 0.1) is 12.2 Å². The summed E-state index contributed by atoms with van der Waals surface area (Å²) in [4.78, 5) is 15.8. The van der Waals surface area contributed by atoms with Gasteiger partial charge in [-0.1, -0.05) is 18.2 Å². The largest absolute Gasteiger partial charge is 0.444 e. The van der Waals surface area contributed by atoms with E-state index in [2.05, 4.69) is 10.3 Å². The van der Waals surface area contributed by atoms with Gasteiger partial charge in [0, 0.05) is 12.0 Å². The SMILES string of the molecule is NCCCC(=O)NCc1coc(-c2ccccc2)n1. The molecule has 0 fully saturated rings. The Labute approximate surface area is 111 Å². The van der Waals surface area contributed by atoms with Gasteiger partial charge in [0.15, 0.2) is 0 Å². The number of carbonyl (C=O) groups excluding carboxylic acids is 1. The van der Waals surface area contributed by atoms with Crippen LogP contribution in [0, 0.1) is 0 Å². The van der Waals surface area contributed by atoms with Gasteiger partial charge in [-0.15, -0.1) is 0 Å². The van der Waals surface area contributed by atoms with Crippen LogP contribution in [0.15, 0.2) is 41.0 Å². The maximum atomic E-state index is 11.4. The molecule has 1 aromatic carbocycles. The molecule has 5 nitrogen and oxygen atoms in total. The first kappa shape index (κ1) is 13.3. The molecule has 2 aromatic rings. The third-order valence-electron chi connectivity index (χ3n) is 2.65. The van der Waals surface area contributed by atoms with Gasteiger partial charge in [0.25, 0.3) is 0 Å². The Morgan fingerprint density at radius 2 is 2.11 bits per heavy atom. The van der Waals surface area contributed by atoms with Gasteiger partial charge in [-0.25, -0.2) is 4.98 Å². The van der Waals surface area contributed by atoms with Gasteiger partial charge in [-0.2, -0.15) is 0 Å². The number of benzene rings is 1. The van der Waals surface area contributed by atoms with Crippen molar-refractivity contribution < 1.29 is 9.21 Å². The van der Waals surface area contributed by atoms with Gasteiger partial charge in [0.2, 0.25) is 11.8 Å². The summed E-state index contributed by atoms with van der Waals surface area (Å²) in [7, 11) is 0. The van der Waals surface area contributed by atoms with Crippen molar-refractivity contribution in [2.24, 2.45) is 5.73 Å². The second-order valence-electron chi connectivity index (χ2n) is 4.18. The highest BCUT2D eigenvalue weighted by molar-refractivity contribution is 5.75. The van der Waals surface area contributed by atoms with Crippen molar-refractivity contribution in [2.75, 3.05) is 6.54 Å². The van der Waals surface area contributed by atoms with Crippen molar-refractivity contribution >= 4 is 5.91 Å². The summed E-state index contributed by atoms with van der Waals surface area (Å²) in [6.45, 7) is 0.898. The summed E-state index contributed by atoms with van der Waals surface area (Å²) >= 11 is 0. The Morgan fingerprint density at radius 1 is 1.32 bits per heavy atom. The molecule has 0 spiro atoms. The van der Waals surface area contributed by atoms with Crippen molar-refractivity contribution in [3.05, 3.63) is 42.3 Å². The van der Waals surface area contributed by atoms with E-state index in [4.69, 9.17) is 10.2 Å². The van der Waals surface area contributed by atoms with Gasteiger partial charge in [0.1, 0.15) is 6.26 Å². The number of nitrogens with one attached hydrogen (secondary N) is 1. The minimum atomic E-state index is -0.0188. The molecule has 0 aliphatic rings. The van der Waals surface area contributed by atoms with E-state index >= 15 is 0 Å². The lowest BCUT2D eigenvalue weighted by molar-refractivity contribution is -0.121. The first-order valence-corrected chi connectivity index (χ1v) is 6.26. The first-order chi connectivity index (χ1) is 9.29. The number of oxazole rings is 1.